The standard InChI is InChI=1S/C11H11FN2/c12-9-3-4-10(8(6-9)7-13)11-2-1-5-14-11/h3-4,6,11,14H,1-2,5H2/t11-/m0/s1. The van der Waals surface area contributed by atoms with Gasteiger partial charge in [0.1, 0.15) is 5.82 Å². The lowest BCUT2D eigenvalue weighted by Gasteiger charge is -2.11. The van der Waals surface area contributed by atoms with Crippen molar-refractivity contribution in [1.82, 2.24) is 5.32 Å². The summed E-state index contributed by atoms with van der Waals surface area (Å²) in [5.41, 5.74) is 1.37. The summed E-state index contributed by atoms with van der Waals surface area (Å²) in [7, 11) is 0. The first-order chi connectivity index (χ1) is 6.81. The number of nitrogens with zero attached hydrogens (tertiary/aromatic N) is 1. The number of benzene rings is 1. The van der Waals surface area contributed by atoms with Crippen LogP contribution in [-0.2, 0) is 0 Å². The molecule has 3 heteroatoms. The zero-order valence-electron chi connectivity index (χ0n) is 7.76. The highest BCUT2D eigenvalue weighted by Gasteiger charge is 2.19. The zero-order chi connectivity index (χ0) is 9.97. The van der Waals surface area contributed by atoms with Gasteiger partial charge in [0, 0.05) is 6.04 Å². The van der Waals surface area contributed by atoms with Crippen LogP contribution in [0, 0.1) is 17.1 Å². The second-order valence-electron chi connectivity index (χ2n) is 3.49. The number of halogens is 1. The van der Waals surface area contributed by atoms with Gasteiger partial charge in [-0.25, -0.2) is 4.39 Å². The fourth-order valence-electron chi connectivity index (χ4n) is 1.88. The predicted molar refractivity (Wildman–Crippen MR) is 51.1 cm³/mol. The fourth-order valence-corrected chi connectivity index (χ4v) is 1.88. The summed E-state index contributed by atoms with van der Waals surface area (Å²) < 4.78 is 12.8. The summed E-state index contributed by atoms with van der Waals surface area (Å²) in [5.74, 6) is -0.344. The Morgan fingerprint density at radius 2 is 2.36 bits per heavy atom. The monoisotopic (exact) mass is 190 g/mol. The van der Waals surface area contributed by atoms with E-state index < -0.39 is 0 Å². The van der Waals surface area contributed by atoms with Gasteiger partial charge < -0.3 is 5.32 Å². The number of nitrogens with one attached hydrogen (secondary N) is 1. The molecule has 0 saturated carbocycles. The van der Waals surface area contributed by atoms with Crippen molar-refractivity contribution in [3.8, 4) is 6.07 Å². The summed E-state index contributed by atoms with van der Waals surface area (Å²) in [6.45, 7) is 0.979. The molecule has 0 aliphatic carbocycles. The average Bonchev–Trinajstić information content (AvgIpc) is 2.70. The Hall–Kier alpha value is -1.40. The van der Waals surface area contributed by atoms with Gasteiger partial charge in [-0.3, -0.25) is 0 Å². The van der Waals surface area contributed by atoms with Crippen LogP contribution < -0.4 is 5.32 Å². The van der Waals surface area contributed by atoms with Gasteiger partial charge in [0.15, 0.2) is 0 Å². The van der Waals surface area contributed by atoms with E-state index in [0.717, 1.165) is 24.9 Å². The Kier molecular flexibility index (Phi) is 2.47. The van der Waals surface area contributed by atoms with Crippen molar-refractivity contribution in [3.05, 3.63) is 35.1 Å². The third kappa shape index (κ3) is 1.61. The third-order valence-corrected chi connectivity index (χ3v) is 2.57. The first-order valence-corrected chi connectivity index (χ1v) is 4.74. The van der Waals surface area contributed by atoms with E-state index in [2.05, 4.69) is 5.32 Å². The van der Waals surface area contributed by atoms with E-state index in [9.17, 15) is 4.39 Å². The SMILES string of the molecule is N#Cc1cc(F)ccc1[C@@H]1CCCN1. The maximum Gasteiger partial charge on any atom is 0.124 e. The molecule has 0 bridgehead atoms. The molecule has 1 atom stereocenters. The first-order valence-electron chi connectivity index (χ1n) is 4.74. The number of hydrogen-bond acceptors (Lipinski definition) is 2. The molecule has 1 N–H and O–H groups in total. The van der Waals surface area contributed by atoms with Crippen LogP contribution in [0.2, 0.25) is 0 Å². The van der Waals surface area contributed by atoms with Crippen LogP contribution in [-0.4, -0.2) is 6.54 Å². The van der Waals surface area contributed by atoms with Crippen LogP contribution in [0.25, 0.3) is 0 Å². The van der Waals surface area contributed by atoms with Crippen LogP contribution in [0.15, 0.2) is 18.2 Å². The highest BCUT2D eigenvalue weighted by molar-refractivity contribution is 5.40. The molecule has 1 saturated heterocycles. The van der Waals surface area contributed by atoms with Crippen LogP contribution >= 0.6 is 0 Å². The lowest BCUT2D eigenvalue weighted by atomic mass is 10.00. The minimum atomic E-state index is -0.344. The largest absolute Gasteiger partial charge is 0.310 e. The van der Waals surface area contributed by atoms with E-state index in [1.807, 2.05) is 6.07 Å². The molecule has 1 aliphatic rings. The molecule has 1 aromatic carbocycles. The molecule has 2 nitrogen and oxygen atoms in total. The highest BCUT2D eigenvalue weighted by Crippen LogP contribution is 2.25. The topological polar surface area (TPSA) is 35.8 Å². The normalized spacial score (nSPS) is 20.7. The lowest BCUT2D eigenvalue weighted by molar-refractivity contribution is 0.616. The molecule has 72 valence electrons. The second kappa shape index (κ2) is 3.77. The van der Waals surface area contributed by atoms with Gasteiger partial charge >= 0.3 is 0 Å². The highest BCUT2D eigenvalue weighted by atomic mass is 19.1. The Balaban J connectivity index is 2.37. The van der Waals surface area contributed by atoms with E-state index in [1.54, 1.807) is 6.07 Å². The molecule has 1 fully saturated rings. The maximum atomic E-state index is 12.8. The Labute approximate surface area is 82.4 Å². The van der Waals surface area contributed by atoms with Gasteiger partial charge in [0.25, 0.3) is 0 Å². The van der Waals surface area contributed by atoms with Crippen molar-refractivity contribution in [2.75, 3.05) is 6.54 Å². The quantitative estimate of drug-likeness (QED) is 0.736. The summed E-state index contributed by atoms with van der Waals surface area (Å²) in [4.78, 5) is 0. The molecular weight excluding hydrogens is 179 g/mol. The number of rotatable bonds is 1. The molecule has 0 amide bonds. The Morgan fingerprint density at radius 1 is 1.50 bits per heavy atom. The van der Waals surface area contributed by atoms with Crippen molar-refractivity contribution in [2.24, 2.45) is 0 Å². The van der Waals surface area contributed by atoms with Gasteiger partial charge in [0.05, 0.1) is 11.6 Å². The van der Waals surface area contributed by atoms with Crippen molar-refractivity contribution in [3.63, 3.8) is 0 Å². The summed E-state index contributed by atoms with van der Waals surface area (Å²) in [6.07, 6.45) is 2.15. The molecule has 0 radical (unpaired) electrons. The Morgan fingerprint density at radius 3 is 3.00 bits per heavy atom. The van der Waals surface area contributed by atoms with Crippen LogP contribution in [0.3, 0.4) is 0 Å². The van der Waals surface area contributed by atoms with Crippen molar-refractivity contribution < 1.29 is 4.39 Å². The van der Waals surface area contributed by atoms with E-state index in [-0.39, 0.29) is 11.9 Å². The summed E-state index contributed by atoms with van der Waals surface area (Å²) >= 11 is 0. The summed E-state index contributed by atoms with van der Waals surface area (Å²) in [6, 6.07) is 6.68. The minimum Gasteiger partial charge on any atom is -0.310 e. The van der Waals surface area contributed by atoms with Crippen LogP contribution in [0.5, 0.6) is 0 Å². The van der Waals surface area contributed by atoms with Crippen molar-refractivity contribution >= 4 is 0 Å². The minimum absolute atomic E-state index is 0.227. The predicted octanol–water partition coefficient (Wildman–Crippen LogP) is 2.12. The third-order valence-electron chi connectivity index (χ3n) is 2.57. The smallest absolute Gasteiger partial charge is 0.124 e. The number of nitriles is 1. The molecule has 2 rings (SSSR count). The lowest BCUT2D eigenvalue weighted by Crippen LogP contribution is -2.14. The molecule has 0 spiro atoms. The Bertz CT molecular complexity index is 375. The average molecular weight is 190 g/mol. The van der Waals surface area contributed by atoms with Gasteiger partial charge in [0.2, 0.25) is 0 Å². The van der Waals surface area contributed by atoms with E-state index in [4.69, 9.17) is 5.26 Å². The van der Waals surface area contributed by atoms with Crippen LogP contribution in [0.1, 0.15) is 30.0 Å². The molecule has 14 heavy (non-hydrogen) atoms. The fraction of sp³-hybridized carbons (Fsp3) is 0.364. The maximum absolute atomic E-state index is 12.8. The van der Waals surface area contributed by atoms with E-state index in [1.165, 1.54) is 12.1 Å². The molecule has 1 aromatic rings. The zero-order valence-corrected chi connectivity index (χ0v) is 7.76. The van der Waals surface area contributed by atoms with Gasteiger partial charge in [-0.05, 0) is 37.1 Å². The molecule has 0 aromatic heterocycles. The summed E-state index contributed by atoms with van der Waals surface area (Å²) in [5, 5.41) is 12.2. The molecular formula is C11H11FN2. The van der Waals surface area contributed by atoms with Crippen molar-refractivity contribution in [2.45, 2.75) is 18.9 Å². The van der Waals surface area contributed by atoms with Crippen LogP contribution in [0.4, 0.5) is 4.39 Å². The second-order valence-corrected chi connectivity index (χ2v) is 3.49. The van der Waals surface area contributed by atoms with E-state index >= 15 is 0 Å². The van der Waals surface area contributed by atoms with Gasteiger partial charge in [-0.15, -0.1) is 0 Å². The number of hydrogen-bond donors (Lipinski definition) is 1. The molecule has 1 aliphatic heterocycles. The van der Waals surface area contributed by atoms with Crippen molar-refractivity contribution in [1.29, 1.82) is 5.26 Å². The molecule has 1 heterocycles. The van der Waals surface area contributed by atoms with Gasteiger partial charge in [-0.2, -0.15) is 5.26 Å². The molecule has 0 unspecified atom stereocenters. The van der Waals surface area contributed by atoms with Gasteiger partial charge in [-0.1, -0.05) is 6.07 Å². The first kappa shape index (κ1) is 9.17. The van der Waals surface area contributed by atoms with E-state index in [0.29, 0.717) is 5.56 Å².